The second-order valence-electron chi connectivity index (χ2n) is 6.50. The molecule has 29 heavy (non-hydrogen) atoms. The minimum Gasteiger partial charge on any atom is -0.496 e. The van der Waals surface area contributed by atoms with Gasteiger partial charge in [-0.3, -0.25) is 4.79 Å². The third-order valence-electron chi connectivity index (χ3n) is 4.37. The van der Waals surface area contributed by atoms with E-state index in [1.165, 1.54) is 0 Å². The quantitative estimate of drug-likeness (QED) is 0.647. The molecule has 0 unspecified atom stereocenters. The number of anilines is 2. The molecule has 3 aromatic carbocycles. The molecular formula is C23H23N3O3. The van der Waals surface area contributed by atoms with Crippen molar-refractivity contribution in [2.45, 2.75) is 6.54 Å². The van der Waals surface area contributed by atoms with Gasteiger partial charge >= 0.3 is 6.03 Å². The van der Waals surface area contributed by atoms with Crippen molar-refractivity contribution in [2.24, 2.45) is 0 Å². The largest absolute Gasteiger partial charge is 0.496 e. The summed E-state index contributed by atoms with van der Waals surface area (Å²) in [7, 11) is 3.36. The van der Waals surface area contributed by atoms with Gasteiger partial charge in [0.15, 0.2) is 0 Å². The molecule has 6 nitrogen and oxygen atoms in total. The number of benzene rings is 3. The molecule has 6 heteroatoms. The van der Waals surface area contributed by atoms with Gasteiger partial charge in [-0.1, -0.05) is 36.4 Å². The van der Waals surface area contributed by atoms with Crippen molar-refractivity contribution in [1.29, 1.82) is 0 Å². The lowest BCUT2D eigenvalue weighted by molar-refractivity contribution is 0.0784. The third-order valence-corrected chi connectivity index (χ3v) is 4.37. The van der Waals surface area contributed by atoms with E-state index in [4.69, 9.17) is 4.74 Å². The van der Waals surface area contributed by atoms with E-state index < -0.39 is 0 Å². The number of nitrogens with one attached hydrogen (secondary N) is 2. The number of hydrogen-bond acceptors (Lipinski definition) is 3. The van der Waals surface area contributed by atoms with Crippen LogP contribution in [0.3, 0.4) is 0 Å². The highest BCUT2D eigenvalue weighted by atomic mass is 16.5. The van der Waals surface area contributed by atoms with Gasteiger partial charge in [-0.25, -0.2) is 4.79 Å². The van der Waals surface area contributed by atoms with Crippen molar-refractivity contribution in [3.8, 4) is 5.75 Å². The van der Waals surface area contributed by atoms with Gasteiger partial charge in [-0.05, 0) is 42.5 Å². The molecule has 0 saturated heterocycles. The number of urea groups is 1. The molecule has 0 heterocycles. The Kier molecular flexibility index (Phi) is 6.47. The van der Waals surface area contributed by atoms with Crippen molar-refractivity contribution in [3.05, 3.63) is 90.0 Å². The molecule has 0 aliphatic heterocycles. The van der Waals surface area contributed by atoms with Crippen LogP contribution < -0.4 is 15.4 Å². The van der Waals surface area contributed by atoms with Crippen molar-refractivity contribution >= 4 is 23.3 Å². The molecule has 0 radical (unpaired) electrons. The molecule has 0 fully saturated rings. The lowest BCUT2D eigenvalue weighted by atomic mass is 10.1. The first-order chi connectivity index (χ1) is 14.1. The van der Waals surface area contributed by atoms with Crippen LogP contribution in [0.15, 0.2) is 78.9 Å². The average molecular weight is 389 g/mol. The van der Waals surface area contributed by atoms with Gasteiger partial charge in [0, 0.05) is 36.1 Å². The van der Waals surface area contributed by atoms with Crippen LogP contribution in [0.2, 0.25) is 0 Å². The Hall–Kier alpha value is -3.80. The van der Waals surface area contributed by atoms with E-state index in [1.807, 2.05) is 42.5 Å². The average Bonchev–Trinajstić information content (AvgIpc) is 2.74. The summed E-state index contributed by atoms with van der Waals surface area (Å²) < 4.78 is 5.34. The predicted octanol–water partition coefficient (Wildman–Crippen LogP) is 4.61. The minimum atomic E-state index is -0.344. The summed E-state index contributed by atoms with van der Waals surface area (Å²) in [6.07, 6.45) is 0. The number of para-hydroxylation sites is 2. The zero-order chi connectivity index (χ0) is 20.6. The zero-order valence-electron chi connectivity index (χ0n) is 16.4. The summed E-state index contributed by atoms with van der Waals surface area (Å²) in [6, 6.07) is 23.2. The number of hydrogen-bond donors (Lipinski definition) is 2. The minimum absolute atomic E-state index is 0.115. The van der Waals surface area contributed by atoms with Crippen molar-refractivity contribution in [2.75, 3.05) is 24.8 Å². The zero-order valence-corrected chi connectivity index (χ0v) is 16.4. The van der Waals surface area contributed by atoms with E-state index in [-0.39, 0.29) is 11.9 Å². The van der Waals surface area contributed by atoms with Gasteiger partial charge in [-0.2, -0.15) is 0 Å². The van der Waals surface area contributed by atoms with Crippen molar-refractivity contribution in [3.63, 3.8) is 0 Å². The van der Waals surface area contributed by atoms with E-state index in [9.17, 15) is 9.59 Å². The van der Waals surface area contributed by atoms with Gasteiger partial charge in [0.05, 0.1) is 7.11 Å². The summed E-state index contributed by atoms with van der Waals surface area (Å²) in [5.41, 5.74) is 2.77. The molecule has 148 valence electrons. The maximum atomic E-state index is 12.7. The van der Waals surface area contributed by atoms with E-state index in [1.54, 1.807) is 55.5 Å². The highest BCUT2D eigenvalue weighted by Gasteiger charge is 2.14. The molecule has 0 aliphatic carbocycles. The fourth-order valence-corrected chi connectivity index (χ4v) is 2.89. The van der Waals surface area contributed by atoms with Crippen molar-refractivity contribution in [1.82, 2.24) is 4.90 Å². The van der Waals surface area contributed by atoms with Crippen LogP contribution in [0, 0.1) is 0 Å². The molecule has 3 amide bonds. The summed E-state index contributed by atoms with van der Waals surface area (Å²) in [5.74, 6) is 0.632. The third kappa shape index (κ3) is 5.35. The van der Waals surface area contributed by atoms with Gasteiger partial charge in [0.25, 0.3) is 5.91 Å². The molecule has 0 aromatic heterocycles. The van der Waals surface area contributed by atoms with Gasteiger partial charge < -0.3 is 20.3 Å². The van der Waals surface area contributed by atoms with Crippen LogP contribution in [0.25, 0.3) is 0 Å². The van der Waals surface area contributed by atoms with Crippen molar-refractivity contribution < 1.29 is 14.3 Å². The van der Waals surface area contributed by atoms with Gasteiger partial charge in [-0.15, -0.1) is 0 Å². The molecular weight excluding hydrogens is 366 g/mol. The molecule has 2 N–H and O–H groups in total. The summed E-state index contributed by atoms with van der Waals surface area (Å²) in [6.45, 7) is 0.433. The Morgan fingerprint density at radius 1 is 0.828 bits per heavy atom. The molecule has 0 spiro atoms. The highest BCUT2D eigenvalue weighted by Crippen LogP contribution is 2.20. The first-order valence-corrected chi connectivity index (χ1v) is 9.17. The maximum Gasteiger partial charge on any atom is 0.323 e. The number of carbonyl (C=O) groups excluding carboxylic acids is 2. The molecule has 3 aromatic rings. The Morgan fingerprint density at radius 2 is 1.41 bits per heavy atom. The second kappa shape index (κ2) is 9.41. The molecule has 0 saturated carbocycles. The SMILES string of the molecule is COc1ccccc1CN(C)C(=O)c1ccc(NC(=O)Nc2ccccc2)cc1. The normalized spacial score (nSPS) is 10.1. The topological polar surface area (TPSA) is 70.7 Å². The Bertz CT molecular complexity index is 972. The standard InChI is InChI=1S/C23H23N3O3/c1-26(16-18-8-6-7-11-21(18)29-2)22(27)17-12-14-20(15-13-17)25-23(28)24-19-9-4-3-5-10-19/h3-15H,16H2,1-2H3,(H2,24,25,28). The number of carbonyl (C=O) groups is 2. The lowest BCUT2D eigenvalue weighted by Gasteiger charge is -2.19. The smallest absolute Gasteiger partial charge is 0.323 e. The van der Waals surface area contributed by atoms with Crippen LogP contribution in [-0.4, -0.2) is 31.0 Å². The van der Waals surface area contributed by atoms with Gasteiger partial charge in [0.1, 0.15) is 5.75 Å². The second-order valence-corrected chi connectivity index (χ2v) is 6.50. The maximum absolute atomic E-state index is 12.7. The summed E-state index contributed by atoms with van der Waals surface area (Å²) >= 11 is 0. The Balaban J connectivity index is 1.60. The number of ether oxygens (including phenoxy) is 1. The predicted molar refractivity (Wildman–Crippen MR) is 114 cm³/mol. The van der Waals surface area contributed by atoms with E-state index >= 15 is 0 Å². The van der Waals surface area contributed by atoms with E-state index in [0.29, 0.717) is 23.5 Å². The number of nitrogens with zero attached hydrogens (tertiary/aromatic N) is 1. The number of amides is 3. The first-order valence-electron chi connectivity index (χ1n) is 9.17. The van der Waals surface area contributed by atoms with Gasteiger partial charge in [0.2, 0.25) is 0 Å². The first kappa shape index (κ1) is 19.9. The van der Waals surface area contributed by atoms with E-state index in [0.717, 1.165) is 11.3 Å². The summed E-state index contributed by atoms with van der Waals surface area (Å²) in [4.78, 5) is 26.4. The van der Waals surface area contributed by atoms with Crippen LogP contribution >= 0.6 is 0 Å². The fraction of sp³-hybridized carbons (Fsp3) is 0.130. The van der Waals surface area contributed by atoms with Crippen LogP contribution in [0.5, 0.6) is 5.75 Å². The number of rotatable bonds is 6. The Morgan fingerprint density at radius 3 is 2.07 bits per heavy atom. The number of methoxy groups -OCH3 is 1. The molecule has 0 bridgehead atoms. The highest BCUT2D eigenvalue weighted by molar-refractivity contribution is 6.00. The Labute approximate surface area is 170 Å². The van der Waals surface area contributed by atoms with Crippen LogP contribution in [0.4, 0.5) is 16.2 Å². The lowest BCUT2D eigenvalue weighted by Crippen LogP contribution is -2.26. The monoisotopic (exact) mass is 389 g/mol. The van der Waals surface area contributed by atoms with Crippen LogP contribution in [0.1, 0.15) is 15.9 Å². The van der Waals surface area contributed by atoms with Crippen LogP contribution in [-0.2, 0) is 6.54 Å². The summed E-state index contributed by atoms with van der Waals surface area (Å²) in [5, 5.41) is 5.50. The molecule has 0 aliphatic rings. The fourth-order valence-electron chi connectivity index (χ4n) is 2.89. The van der Waals surface area contributed by atoms with E-state index in [2.05, 4.69) is 10.6 Å². The molecule has 0 atom stereocenters. The molecule has 3 rings (SSSR count).